The first-order valence-corrected chi connectivity index (χ1v) is 11.7. The number of nitrogens with one attached hydrogen (secondary N) is 2. The number of hydrogen-bond acceptors (Lipinski definition) is 7. The van der Waals surface area contributed by atoms with Crippen molar-refractivity contribution in [3.8, 4) is 11.4 Å². The van der Waals surface area contributed by atoms with Gasteiger partial charge in [0.25, 0.3) is 0 Å². The van der Waals surface area contributed by atoms with Gasteiger partial charge in [-0.25, -0.2) is 0 Å². The molecule has 2 aliphatic heterocycles. The summed E-state index contributed by atoms with van der Waals surface area (Å²) in [4.78, 5) is 5.02. The molecule has 0 radical (unpaired) electrons. The van der Waals surface area contributed by atoms with Gasteiger partial charge in [0.15, 0.2) is 11.5 Å². The van der Waals surface area contributed by atoms with Crippen molar-refractivity contribution in [3.05, 3.63) is 35.5 Å². The van der Waals surface area contributed by atoms with E-state index in [-0.39, 0.29) is 12.0 Å². The van der Waals surface area contributed by atoms with Gasteiger partial charge >= 0.3 is 0 Å². The van der Waals surface area contributed by atoms with Crippen LogP contribution < -0.4 is 22.1 Å². The number of nitrogens with two attached hydrogens (primary N) is 2. The maximum Gasteiger partial charge on any atom is 0.205 e. The van der Waals surface area contributed by atoms with Crippen LogP contribution in [-0.2, 0) is 6.54 Å². The van der Waals surface area contributed by atoms with Crippen LogP contribution in [-0.4, -0.2) is 31.8 Å². The molecule has 0 amide bonds. The molecule has 1 aromatic rings. The average Bonchev–Trinajstić information content (AvgIpc) is 3.19. The van der Waals surface area contributed by atoms with Gasteiger partial charge in [0, 0.05) is 30.4 Å². The van der Waals surface area contributed by atoms with Gasteiger partial charge in [-0.05, 0) is 57.1 Å². The van der Waals surface area contributed by atoms with E-state index < -0.39 is 0 Å². The highest BCUT2D eigenvalue weighted by molar-refractivity contribution is 5.75. The molecule has 0 unspecified atom stereocenters. The van der Waals surface area contributed by atoms with Crippen molar-refractivity contribution in [1.29, 1.82) is 0 Å². The van der Waals surface area contributed by atoms with Gasteiger partial charge in [-0.2, -0.15) is 10.1 Å². The van der Waals surface area contributed by atoms with E-state index in [9.17, 15) is 0 Å². The van der Waals surface area contributed by atoms with E-state index in [1.54, 1.807) is 0 Å². The average molecular weight is 437 g/mol. The van der Waals surface area contributed by atoms with Crippen LogP contribution in [0.2, 0.25) is 0 Å². The lowest BCUT2D eigenvalue weighted by atomic mass is 9.92. The van der Waals surface area contributed by atoms with Gasteiger partial charge in [0.05, 0.1) is 11.4 Å². The number of hydrogen-bond donors (Lipinski definition) is 4. The Morgan fingerprint density at radius 3 is 2.44 bits per heavy atom. The molecule has 32 heavy (non-hydrogen) atoms. The van der Waals surface area contributed by atoms with Gasteiger partial charge in [-0.3, -0.25) is 0 Å². The monoisotopic (exact) mass is 436 g/mol. The molecule has 1 aliphatic carbocycles. The SMILES string of the molecule is CC(C)c1nnc2c(NCc3ccccc3N)nc(NC3CCC(N)CC3)n(C(C)C)c1-2. The molecule has 2 heterocycles. The molecule has 0 saturated heterocycles. The van der Waals surface area contributed by atoms with Crippen LogP contribution in [0.5, 0.6) is 0 Å². The third-order valence-corrected chi connectivity index (χ3v) is 6.31. The van der Waals surface area contributed by atoms with E-state index in [2.05, 4.69) is 53.1 Å². The number of fused-ring (bicyclic) bond motifs is 1. The van der Waals surface area contributed by atoms with E-state index in [0.29, 0.717) is 18.6 Å². The molecule has 0 spiro atoms. The molecule has 8 heteroatoms. The van der Waals surface area contributed by atoms with Gasteiger partial charge in [-0.15, -0.1) is 5.10 Å². The molecule has 4 rings (SSSR count). The minimum Gasteiger partial charge on any atom is -0.398 e. The van der Waals surface area contributed by atoms with Crippen LogP contribution in [0.25, 0.3) is 11.4 Å². The molecule has 0 atom stereocenters. The summed E-state index contributed by atoms with van der Waals surface area (Å²) in [5.41, 5.74) is 16.9. The zero-order valence-corrected chi connectivity index (χ0v) is 19.6. The molecular weight excluding hydrogens is 400 g/mol. The summed E-state index contributed by atoms with van der Waals surface area (Å²) in [5.74, 6) is 1.84. The number of rotatable bonds is 7. The lowest BCUT2D eigenvalue weighted by Gasteiger charge is -2.30. The Morgan fingerprint density at radius 1 is 1.06 bits per heavy atom. The van der Waals surface area contributed by atoms with E-state index in [4.69, 9.17) is 16.5 Å². The Kier molecular flexibility index (Phi) is 6.50. The number of anilines is 3. The zero-order chi connectivity index (χ0) is 22.8. The first-order valence-electron chi connectivity index (χ1n) is 11.7. The highest BCUT2D eigenvalue weighted by atomic mass is 15.3. The molecule has 1 fully saturated rings. The second-order valence-electron chi connectivity index (χ2n) is 9.49. The summed E-state index contributed by atoms with van der Waals surface area (Å²) < 4.78 is 2.25. The van der Waals surface area contributed by atoms with Crippen molar-refractivity contribution in [2.45, 2.75) is 84.0 Å². The predicted molar refractivity (Wildman–Crippen MR) is 131 cm³/mol. The molecule has 1 saturated carbocycles. The summed E-state index contributed by atoms with van der Waals surface area (Å²) in [6, 6.07) is 8.76. The lowest BCUT2D eigenvalue weighted by Crippen LogP contribution is -2.34. The van der Waals surface area contributed by atoms with Crippen molar-refractivity contribution >= 4 is 17.5 Å². The molecule has 172 valence electrons. The normalized spacial score (nSPS) is 19.1. The fourth-order valence-corrected chi connectivity index (χ4v) is 4.47. The predicted octanol–water partition coefficient (Wildman–Crippen LogP) is 4.36. The first-order chi connectivity index (χ1) is 15.3. The van der Waals surface area contributed by atoms with Gasteiger partial charge < -0.3 is 26.7 Å². The summed E-state index contributed by atoms with van der Waals surface area (Å²) in [6.45, 7) is 9.24. The molecule has 1 aromatic carbocycles. The van der Waals surface area contributed by atoms with E-state index in [0.717, 1.165) is 65.8 Å². The fraction of sp³-hybridized carbons (Fsp3) is 0.542. The summed E-state index contributed by atoms with van der Waals surface area (Å²) >= 11 is 0. The Bertz CT molecular complexity index is 1020. The minimum atomic E-state index is 0.209. The fourth-order valence-electron chi connectivity index (χ4n) is 4.47. The molecular formula is C24H36N8. The second kappa shape index (κ2) is 9.32. The van der Waals surface area contributed by atoms with E-state index >= 15 is 0 Å². The smallest absolute Gasteiger partial charge is 0.205 e. The van der Waals surface area contributed by atoms with Crippen molar-refractivity contribution in [2.75, 3.05) is 16.4 Å². The molecule has 6 N–H and O–H groups in total. The third kappa shape index (κ3) is 4.50. The number of para-hydroxylation sites is 1. The lowest BCUT2D eigenvalue weighted by molar-refractivity contribution is 0.407. The summed E-state index contributed by atoms with van der Waals surface area (Å²) in [7, 11) is 0. The quantitative estimate of drug-likeness (QED) is 0.406. The van der Waals surface area contributed by atoms with Crippen molar-refractivity contribution in [1.82, 2.24) is 19.7 Å². The van der Waals surface area contributed by atoms with Crippen molar-refractivity contribution in [2.24, 2.45) is 5.73 Å². The Morgan fingerprint density at radius 2 is 1.78 bits per heavy atom. The number of nitrogens with zero attached hydrogens (tertiary/aromatic N) is 4. The number of nitrogen functional groups attached to an aromatic ring is 1. The molecule has 8 nitrogen and oxygen atoms in total. The summed E-state index contributed by atoms with van der Waals surface area (Å²) in [5, 5.41) is 16.3. The van der Waals surface area contributed by atoms with Crippen LogP contribution in [0.15, 0.2) is 24.3 Å². The third-order valence-electron chi connectivity index (χ3n) is 6.31. The van der Waals surface area contributed by atoms with Crippen molar-refractivity contribution < 1.29 is 0 Å². The number of aromatic nitrogens is 4. The maximum atomic E-state index is 6.15. The topological polar surface area (TPSA) is 120 Å². The highest BCUT2D eigenvalue weighted by Gasteiger charge is 2.29. The van der Waals surface area contributed by atoms with Gasteiger partial charge in [0.2, 0.25) is 5.95 Å². The highest BCUT2D eigenvalue weighted by Crippen LogP contribution is 2.38. The van der Waals surface area contributed by atoms with Crippen LogP contribution >= 0.6 is 0 Å². The number of benzene rings is 1. The minimum absolute atomic E-state index is 0.209. The van der Waals surface area contributed by atoms with Crippen LogP contribution in [0.4, 0.5) is 17.5 Å². The largest absolute Gasteiger partial charge is 0.398 e. The van der Waals surface area contributed by atoms with Crippen LogP contribution in [0, 0.1) is 0 Å². The maximum absolute atomic E-state index is 6.15. The van der Waals surface area contributed by atoms with Crippen LogP contribution in [0.1, 0.15) is 76.6 Å². The first kappa shape index (κ1) is 22.3. The molecule has 3 aliphatic rings. The van der Waals surface area contributed by atoms with Crippen LogP contribution in [0.3, 0.4) is 0 Å². The standard InChI is InChI=1S/C24H36N8/c1-14(2)20-22-21(31-30-20)23(27-13-16-7-5-6-8-19(16)26)29-24(32(22)15(3)4)28-18-11-9-17(25)10-12-18/h5-8,14-15,17-18,27H,9-13,25-26H2,1-4H3,(H,28,29). The second-order valence-corrected chi connectivity index (χ2v) is 9.49. The molecule has 0 bridgehead atoms. The van der Waals surface area contributed by atoms with E-state index in [1.165, 1.54) is 0 Å². The van der Waals surface area contributed by atoms with Gasteiger partial charge in [-0.1, -0.05) is 32.0 Å². The zero-order valence-electron chi connectivity index (χ0n) is 19.6. The Hall–Kier alpha value is -2.87. The summed E-state index contributed by atoms with van der Waals surface area (Å²) in [6.07, 6.45) is 4.18. The Labute approximate surface area is 190 Å². The molecule has 0 aromatic heterocycles. The van der Waals surface area contributed by atoms with E-state index in [1.807, 2.05) is 24.3 Å². The van der Waals surface area contributed by atoms with Gasteiger partial charge in [0.1, 0.15) is 0 Å². The Balaban J connectivity index is 1.74. The van der Waals surface area contributed by atoms with Crippen molar-refractivity contribution in [3.63, 3.8) is 0 Å².